The van der Waals surface area contributed by atoms with E-state index in [4.69, 9.17) is 0 Å². The minimum absolute atomic E-state index is 2.86. The molecule has 0 radical (unpaired) electrons. The summed E-state index contributed by atoms with van der Waals surface area (Å²) >= 11 is -5.00. The van der Waals surface area contributed by atoms with E-state index in [1.54, 1.807) is 0 Å². The fourth-order valence-corrected chi connectivity index (χ4v) is 0.477. The fraction of sp³-hybridized carbons (Fsp3) is 0.500. The van der Waals surface area contributed by atoms with Crippen LogP contribution in [0, 0.1) is 0 Å². The molecule has 0 aromatic rings. The summed E-state index contributed by atoms with van der Waals surface area (Å²) in [6.45, 7) is 0. The van der Waals surface area contributed by atoms with Crippen molar-refractivity contribution < 1.29 is 41.6 Å². The molecule has 0 fully saturated rings. The third-order valence-electron chi connectivity index (χ3n) is 0.428. The second-order valence-corrected chi connectivity index (χ2v) is 2.68. The van der Waals surface area contributed by atoms with Gasteiger partial charge in [-0.2, -0.15) is 0 Å². The summed E-state index contributed by atoms with van der Waals surface area (Å²) in [4.78, 5) is 0. The molecule has 0 N–H and O–H groups in total. The minimum atomic E-state index is -5.32. The van der Waals surface area contributed by atoms with E-state index in [0.717, 1.165) is 0 Å². The van der Waals surface area contributed by atoms with Crippen molar-refractivity contribution in [2.75, 3.05) is 0 Å². The van der Waals surface area contributed by atoms with Gasteiger partial charge in [-0.15, -0.1) is 0 Å². The van der Waals surface area contributed by atoms with Gasteiger partial charge >= 0.3 is 51.8 Å². The molecule has 7 heteroatoms. The molecule has 0 aromatic heterocycles. The molecule has 0 unspecified atom stereocenters. The van der Waals surface area contributed by atoms with E-state index in [1.807, 2.05) is 0 Å². The van der Waals surface area contributed by atoms with E-state index in [0.29, 0.717) is 0 Å². The number of rotatable bonds is 0. The summed E-state index contributed by atoms with van der Waals surface area (Å²) in [6, 6.07) is 0. The molecule has 0 spiro atoms. The van der Waals surface area contributed by atoms with Crippen LogP contribution in [0.15, 0.2) is 0 Å². The first-order chi connectivity index (χ1) is 3.85. The van der Waals surface area contributed by atoms with Crippen LogP contribution in [0.4, 0.5) is 17.6 Å². The van der Waals surface area contributed by atoms with Gasteiger partial charge in [0.1, 0.15) is 0 Å². The van der Waals surface area contributed by atoms with Gasteiger partial charge in [-0.05, 0) is 0 Å². The number of alkyl halides is 3. The van der Waals surface area contributed by atoms with Crippen LogP contribution >= 0.6 is 0 Å². The van der Waals surface area contributed by atoms with Gasteiger partial charge in [-0.3, -0.25) is 0 Å². The molecule has 0 saturated carbocycles. The Morgan fingerprint density at radius 2 is 1.56 bits per heavy atom. The summed E-state index contributed by atoms with van der Waals surface area (Å²) in [6.07, 6.45) is -5.32. The molecule has 2 nitrogen and oxygen atoms in total. The van der Waals surface area contributed by atoms with Crippen LogP contribution < -0.4 is 0 Å². The third kappa shape index (κ3) is 2.81. The van der Waals surface area contributed by atoms with Crippen LogP contribution in [0.25, 0.3) is 0 Å². The van der Waals surface area contributed by atoms with Crippen molar-refractivity contribution in [1.29, 1.82) is 0 Å². The molecule has 0 rings (SSSR count). The van der Waals surface area contributed by atoms with Crippen LogP contribution in [0.5, 0.6) is 0 Å². The monoisotopic (exact) mass is 180 g/mol. The predicted octanol–water partition coefficient (Wildman–Crippen LogP) is 0.957. The first-order valence-corrected chi connectivity index (χ1v) is 3.72. The normalized spacial score (nSPS) is 10.1. The molecule has 0 amide bonds. The summed E-state index contributed by atoms with van der Waals surface area (Å²) in [5.74, 6) is 0. The third-order valence-corrected chi connectivity index (χ3v) is 1.43. The zero-order chi connectivity index (χ0) is 7.65. The standard InChI is InChI=1S/C2F4.2O.Ti/c3-1-2(4,5)6;;;. The van der Waals surface area contributed by atoms with Crippen LogP contribution in [0.3, 0.4) is 0 Å². The molecule has 0 aliphatic heterocycles. The Morgan fingerprint density at radius 1 is 1.22 bits per heavy atom. The number of halogens is 4. The first kappa shape index (κ1) is 8.90. The van der Waals surface area contributed by atoms with E-state index in [9.17, 15) is 24.2 Å². The summed E-state index contributed by atoms with van der Waals surface area (Å²) in [5, 5.41) is 0. The maximum atomic E-state index is 11.3. The van der Waals surface area contributed by atoms with E-state index in [2.05, 4.69) is 0 Å². The SMILES string of the molecule is [O]=[Ti](=[O])=[C](F)C(F)(F)F. The maximum absolute atomic E-state index is 11.3. The summed E-state index contributed by atoms with van der Waals surface area (Å²) in [5.41, 5.74) is 0. The summed E-state index contributed by atoms with van der Waals surface area (Å²) in [7, 11) is 0. The predicted molar refractivity (Wildman–Crippen MR) is 13.5 cm³/mol. The molecule has 0 heterocycles. The van der Waals surface area contributed by atoms with Gasteiger partial charge in [-0.1, -0.05) is 0 Å². The van der Waals surface area contributed by atoms with Crippen LogP contribution in [-0.2, 0) is 24.0 Å². The average Bonchev–Trinajstić information content (AvgIpc) is 1.62. The van der Waals surface area contributed by atoms with Gasteiger partial charge in [0.2, 0.25) is 0 Å². The Labute approximate surface area is 52.4 Å². The molecule has 0 atom stereocenters. The van der Waals surface area contributed by atoms with Gasteiger partial charge < -0.3 is 0 Å². The molecule has 0 saturated heterocycles. The van der Waals surface area contributed by atoms with Crippen molar-refractivity contribution in [3.63, 3.8) is 0 Å². The zero-order valence-electron chi connectivity index (χ0n) is 3.83. The average molecular weight is 180 g/mol. The van der Waals surface area contributed by atoms with Crippen LogP contribution in [0.2, 0.25) is 0 Å². The molecular formula is C2F4O2Ti. The molecule has 0 aliphatic carbocycles. The van der Waals surface area contributed by atoms with Crippen molar-refractivity contribution in [1.82, 2.24) is 0 Å². The Balaban J connectivity index is 4.85. The first-order valence-electron chi connectivity index (χ1n) is 1.66. The zero-order valence-corrected chi connectivity index (χ0v) is 5.39. The van der Waals surface area contributed by atoms with Crippen LogP contribution in [-0.4, -0.2) is 10.2 Å². The molecular weight excluding hydrogens is 180 g/mol. The Kier molecular flexibility index (Phi) is 2.63. The van der Waals surface area contributed by atoms with E-state index < -0.39 is 27.6 Å². The van der Waals surface area contributed by atoms with Gasteiger partial charge in [0.15, 0.2) is 0 Å². The van der Waals surface area contributed by atoms with Crippen molar-refractivity contribution in [3.05, 3.63) is 0 Å². The molecule has 0 aliphatic rings. The van der Waals surface area contributed by atoms with Crippen LogP contribution in [0.1, 0.15) is 0 Å². The molecule has 0 aromatic carbocycles. The van der Waals surface area contributed by atoms with Gasteiger partial charge in [0.25, 0.3) is 0 Å². The number of hydrogen-bond donors (Lipinski definition) is 0. The second-order valence-electron chi connectivity index (χ2n) is 1.10. The van der Waals surface area contributed by atoms with E-state index in [1.165, 1.54) is 0 Å². The van der Waals surface area contributed by atoms with Gasteiger partial charge in [0, 0.05) is 0 Å². The van der Waals surface area contributed by atoms with E-state index >= 15 is 0 Å². The van der Waals surface area contributed by atoms with Crippen molar-refractivity contribution in [2.45, 2.75) is 6.18 Å². The second kappa shape index (κ2) is 2.66. The van der Waals surface area contributed by atoms with Crippen molar-refractivity contribution >= 4 is 4.07 Å². The van der Waals surface area contributed by atoms with Gasteiger partial charge in [-0.25, -0.2) is 0 Å². The molecule has 52 valence electrons. The van der Waals surface area contributed by atoms with Crippen molar-refractivity contribution in [2.24, 2.45) is 0 Å². The topological polar surface area (TPSA) is 34.1 Å². The Bertz CT molecular complexity index is 213. The van der Waals surface area contributed by atoms with Crippen molar-refractivity contribution in [3.8, 4) is 0 Å². The fourth-order valence-electron chi connectivity index (χ4n) is 0.116. The van der Waals surface area contributed by atoms with E-state index in [-0.39, 0.29) is 0 Å². The Hall–Kier alpha value is -0.0957. The molecule has 9 heavy (non-hydrogen) atoms. The summed E-state index contributed by atoms with van der Waals surface area (Å²) < 4.78 is 59.9. The quantitative estimate of drug-likeness (QED) is 0.410. The number of hydrogen-bond acceptors (Lipinski definition) is 2. The molecule has 0 bridgehead atoms. The van der Waals surface area contributed by atoms with Gasteiger partial charge in [0.05, 0.1) is 0 Å². The Morgan fingerprint density at radius 3 is 1.56 bits per heavy atom.